The van der Waals surface area contributed by atoms with Gasteiger partial charge in [0.25, 0.3) is 0 Å². The van der Waals surface area contributed by atoms with E-state index in [2.05, 4.69) is 24.0 Å². The van der Waals surface area contributed by atoms with E-state index >= 15 is 0 Å². The summed E-state index contributed by atoms with van der Waals surface area (Å²) in [5, 5.41) is 4.45. The van der Waals surface area contributed by atoms with E-state index in [0.29, 0.717) is 13.2 Å². The van der Waals surface area contributed by atoms with Crippen molar-refractivity contribution in [1.29, 1.82) is 0 Å². The Labute approximate surface area is 104 Å². The first kappa shape index (κ1) is 14.3. The summed E-state index contributed by atoms with van der Waals surface area (Å²) < 4.78 is 10.3. The van der Waals surface area contributed by atoms with Gasteiger partial charge in [0.1, 0.15) is 0 Å². The Hall–Kier alpha value is 0.230. The Morgan fingerprint density at radius 1 is 1.25 bits per heavy atom. The van der Waals surface area contributed by atoms with Gasteiger partial charge in [-0.15, -0.1) is 0 Å². The Kier molecular flexibility index (Phi) is 8.29. The molecule has 0 spiro atoms. The fourth-order valence-electron chi connectivity index (χ4n) is 2.09. The van der Waals surface area contributed by atoms with E-state index in [1.54, 1.807) is 7.11 Å². The zero-order valence-electron chi connectivity index (χ0n) is 10.5. The fourth-order valence-corrected chi connectivity index (χ4v) is 3.23. The van der Waals surface area contributed by atoms with Crippen molar-refractivity contribution in [1.82, 2.24) is 5.32 Å². The maximum atomic E-state index is 5.42. The Bertz CT molecular complexity index is 169. The van der Waals surface area contributed by atoms with Gasteiger partial charge >= 0.3 is 0 Å². The van der Waals surface area contributed by atoms with Crippen molar-refractivity contribution in [2.45, 2.75) is 37.5 Å². The molecular weight excluding hydrogens is 222 g/mol. The van der Waals surface area contributed by atoms with Crippen molar-refractivity contribution < 1.29 is 9.47 Å². The van der Waals surface area contributed by atoms with Gasteiger partial charge < -0.3 is 14.8 Å². The monoisotopic (exact) mass is 247 g/mol. The van der Waals surface area contributed by atoms with Crippen molar-refractivity contribution in [2.24, 2.45) is 0 Å². The molecule has 0 aromatic carbocycles. The highest BCUT2D eigenvalue weighted by atomic mass is 32.2. The first-order valence-corrected chi connectivity index (χ1v) is 7.33. The van der Waals surface area contributed by atoms with Crippen LogP contribution in [0.5, 0.6) is 0 Å². The number of methoxy groups -OCH3 is 1. The van der Waals surface area contributed by atoms with Crippen molar-refractivity contribution in [3.8, 4) is 0 Å². The molecule has 1 aliphatic carbocycles. The summed E-state index contributed by atoms with van der Waals surface area (Å²) in [6.07, 6.45) is 4.03. The molecule has 16 heavy (non-hydrogen) atoms. The van der Waals surface area contributed by atoms with Crippen LogP contribution in [0.15, 0.2) is 0 Å². The van der Waals surface area contributed by atoms with Crippen LogP contribution in [0.4, 0.5) is 0 Å². The van der Waals surface area contributed by atoms with Crippen molar-refractivity contribution in [3.63, 3.8) is 0 Å². The minimum Gasteiger partial charge on any atom is -0.382 e. The second-order valence-electron chi connectivity index (χ2n) is 4.15. The molecule has 4 heteroatoms. The molecular formula is C12H25NO2S. The van der Waals surface area contributed by atoms with Gasteiger partial charge in [-0.05, 0) is 25.0 Å². The average Bonchev–Trinajstić information content (AvgIpc) is 2.72. The van der Waals surface area contributed by atoms with Crippen molar-refractivity contribution >= 4 is 11.8 Å². The van der Waals surface area contributed by atoms with Crippen LogP contribution < -0.4 is 5.32 Å². The summed E-state index contributed by atoms with van der Waals surface area (Å²) in [5.41, 5.74) is 0. The van der Waals surface area contributed by atoms with Crippen LogP contribution in [0, 0.1) is 0 Å². The predicted molar refractivity (Wildman–Crippen MR) is 70.3 cm³/mol. The van der Waals surface area contributed by atoms with E-state index < -0.39 is 0 Å². The lowest BCUT2D eigenvalue weighted by atomic mass is 10.2. The lowest BCUT2D eigenvalue weighted by Crippen LogP contribution is -2.30. The molecule has 0 aliphatic heterocycles. The topological polar surface area (TPSA) is 30.5 Å². The number of hydrogen-bond donors (Lipinski definition) is 1. The zero-order valence-corrected chi connectivity index (χ0v) is 11.4. The molecule has 0 saturated heterocycles. The normalized spacial score (nSPS) is 25.1. The van der Waals surface area contributed by atoms with Gasteiger partial charge in [-0.3, -0.25) is 0 Å². The lowest BCUT2D eigenvalue weighted by molar-refractivity contribution is 0.0711. The summed E-state index contributed by atoms with van der Waals surface area (Å²) in [6.45, 7) is 5.41. The summed E-state index contributed by atoms with van der Waals surface area (Å²) >= 11 is 2.11. The van der Waals surface area contributed by atoms with Crippen LogP contribution in [0.1, 0.15) is 26.2 Å². The second kappa shape index (κ2) is 9.28. The van der Waals surface area contributed by atoms with Crippen molar-refractivity contribution in [2.75, 3.05) is 39.2 Å². The van der Waals surface area contributed by atoms with Gasteiger partial charge in [0.05, 0.1) is 19.8 Å². The molecule has 3 nitrogen and oxygen atoms in total. The number of rotatable bonds is 9. The average molecular weight is 247 g/mol. The van der Waals surface area contributed by atoms with Gasteiger partial charge in [0.2, 0.25) is 0 Å². The number of ether oxygens (including phenoxy) is 2. The smallest absolute Gasteiger partial charge is 0.0700 e. The van der Waals surface area contributed by atoms with Crippen LogP contribution in [0.2, 0.25) is 0 Å². The van der Waals surface area contributed by atoms with E-state index in [4.69, 9.17) is 9.47 Å². The zero-order chi connectivity index (χ0) is 11.6. The number of thioether (sulfide) groups is 1. The summed E-state index contributed by atoms with van der Waals surface area (Å²) in [7, 11) is 1.70. The molecule has 96 valence electrons. The largest absolute Gasteiger partial charge is 0.382 e. The van der Waals surface area contributed by atoms with Crippen LogP contribution in [0.25, 0.3) is 0 Å². The van der Waals surface area contributed by atoms with E-state index in [1.165, 1.54) is 25.0 Å². The molecule has 1 fully saturated rings. The predicted octanol–water partition coefficient (Wildman–Crippen LogP) is 1.91. The molecule has 1 saturated carbocycles. The molecule has 0 aromatic rings. The molecule has 2 atom stereocenters. The summed E-state index contributed by atoms with van der Waals surface area (Å²) in [6, 6.07) is 0.718. The molecule has 0 bridgehead atoms. The molecule has 1 N–H and O–H groups in total. The van der Waals surface area contributed by atoms with E-state index in [-0.39, 0.29) is 0 Å². The van der Waals surface area contributed by atoms with Crippen LogP contribution >= 0.6 is 11.8 Å². The minimum atomic E-state index is 0.693. The Morgan fingerprint density at radius 2 is 2.12 bits per heavy atom. The van der Waals surface area contributed by atoms with Crippen molar-refractivity contribution in [3.05, 3.63) is 0 Å². The van der Waals surface area contributed by atoms with Crippen LogP contribution in [-0.4, -0.2) is 50.5 Å². The fraction of sp³-hybridized carbons (Fsp3) is 1.00. The highest BCUT2D eigenvalue weighted by Crippen LogP contribution is 2.29. The van der Waals surface area contributed by atoms with Gasteiger partial charge in [-0.2, -0.15) is 11.8 Å². The Morgan fingerprint density at radius 3 is 2.88 bits per heavy atom. The molecule has 0 aromatic heterocycles. The van der Waals surface area contributed by atoms with Gasteiger partial charge in [0.15, 0.2) is 0 Å². The first-order chi connectivity index (χ1) is 7.86. The lowest BCUT2D eigenvalue weighted by Gasteiger charge is -2.13. The van der Waals surface area contributed by atoms with E-state index in [0.717, 1.165) is 24.4 Å². The quantitative estimate of drug-likeness (QED) is 0.631. The van der Waals surface area contributed by atoms with E-state index in [1.807, 2.05) is 0 Å². The third-order valence-corrected chi connectivity index (χ3v) is 4.13. The third-order valence-electron chi connectivity index (χ3n) is 2.90. The first-order valence-electron chi connectivity index (χ1n) is 6.28. The van der Waals surface area contributed by atoms with Crippen LogP contribution in [-0.2, 0) is 9.47 Å². The highest BCUT2D eigenvalue weighted by molar-refractivity contribution is 7.99. The Balaban J connectivity index is 1.90. The molecule has 2 unspecified atom stereocenters. The highest BCUT2D eigenvalue weighted by Gasteiger charge is 2.23. The minimum absolute atomic E-state index is 0.693. The maximum Gasteiger partial charge on any atom is 0.0700 e. The van der Waals surface area contributed by atoms with Crippen LogP contribution in [0.3, 0.4) is 0 Å². The third kappa shape index (κ3) is 6.09. The van der Waals surface area contributed by atoms with E-state index in [9.17, 15) is 0 Å². The number of hydrogen-bond acceptors (Lipinski definition) is 4. The van der Waals surface area contributed by atoms with Gasteiger partial charge in [-0.1, -0.05) is 6.92 Å². The summed E-state index contributed by atoms with van der Waals surface area (Å²) in [4.78, 5) is 0. The maximum absolute atomic E-state index is 5.42. The van der Waals surface area contributed by atoms with Gasteiger partial charge in [-0.25, -0.2) is 0 Å². The second-order valence-corrected chi connectivity index (χ2v) is 5.72. The standard InChI is InChI=1S/C12H25NO2S/c1-3-16-12-5-4-11(10-12)13-6-7-15-9-8-14-2/h11-13H,3-10H2,1-2H3. The molecule has 0 radical (unpaired) electrons. The molecule has 0 amide bonds. The summed E-state index contributed by atoms with van der Waals surface area (Å²) in [5.74, 6) is 1.25. The SMILES string of the molecule is CCSC1CCC(NCCOCCOC)C1. The molecule has 1 rings (SSSR count). The van der Waals surface area contributed by atoms with Gasteiger partial charge in [0, 0.05) is 24.9 Å². The molecule has 1 aliphatic rings. The molecule has 0 heterocycles. The number of nitrogens with one attached hydrogen (secondary N) is 1.